The molecular formula is C22H26N2O5. The van der Waals surface area contributed by atoms with Gasteiger partial charge in [-0.3, -0.25) is 9.59 Å². The van der Waals surface area contributed by atoms with Crippen molar-refractivity contribution in [3.05, 3.63) is 48.0 Å². The van der Waals surface area contributed by atoms with Gasteiger partial charge in [0.15, 0.2) is 11.5 Å². The second kappa shape index (κ2) is 8.03. The lowest BCUT2D eigenvalue weighted by Gasteiger charge is -2.40. The molecule has 2 aromatic carbocycles. The molecule has 0 saturated heterocycles. The number of carbonyl (C=O) groups is 2. The predicted octanol–water partition coefficient (Wildman–Crippen LogP) is 2.87. The monoisotopic (exact) mass is 398 g/mol. The van der Waals surface area contributed by atoms with Crippen molar-refractivity contribution in [3.63, 3.8) is 0 Å². The minimum atomic E-state index is -1.63. The molecule has 1 heterocycles. The number of anilines is 1. The van der Waals surface area contributed by atoms with Crippen LogP contribution in [0.5, 0.6) is 17.2 Å². The third-order valence-electron chi connectivity index (χ3n) is 5.06. The van der Waals surface area contributed by atoms with Gasteiger partial charge in [-0.25, -0.2) is 0 Å². The van der Waals surface area contributed by atoms with Crippen LogP contribution < -0.4 is 19.1 Å². The van der Waals surface area contributed by atoms with Crippen molar-refractivity contribution in [3.8, 4) is 17.2 Å². The summed E-state index contributed by atoms with van der Waals surface area (Å²) in [4.78, 5) is 29.5. The molecule has 0 spiro atoms. The Balaban J connectivity index is 1.86. The van der Waals surface area contributed by atoms with E-state index in [0.717, 1.165) is 5.56 Å². The average molecular weight is 398 g/mol. The maximum Gasteiger partial charge on any atom is 0.280 e. The normalized spacial score (nSPS) is 18.0. The Hall–Kier alpha value is -3.22. The summed E-state index contributed by atoms with van der Waals surface area (Å²) in [5.41, 5.74) is -0.110. The molecule has 1 unspecified atom stereocenters. The third-order valence-corrected chi connectivity index (χ3v) is 5.06. The fourth-order valence-corrected chi connectivity index (χ4v) is 3.53. The lowest BCUT2D eigenvalue weighted by Crippen LogP contribution is -2.62. The van der Waals surface area contributed by atoms with E-state index in [1.165, 1.54) is 11.8 Å². The van der Waals surface area contributed by atoms with Crippen LogP contribution in [-0.2, 0) is 16.1 Å². The lowest BCUT2D eigenvalue weighted by atomic mass is 9.99. The van der Waals surface area contributed by atoms with Crippen molar-refractivity contribution >= 4 is 17.5 Å². The smallest absolute Gasteiger partial charge is 0.280 e. The summed E-state index contributed by atoms with van der Waals surface area (Å²) in [6, 6.07) is 12.7. The van der Waals surface area contributed by atoms with Gasteiger partial charge in [0.05, 0.1) is 19.9 Å². The zero-order valence-corrected chi connectivity index (χ0v) is 17.4. The second-order valence-electron chi connectivity index (χ2n) is 7.00. The topological polar surface area (TPSA) is 68.3 Å². The largest absolute Gasteiger partial charge is 0.493 e. The van der Waals surface area contributed by atoms with E-state index in [1.54, 1.807) is 38.3 Å². The zero-order chi connectivity index (χ0) is 21.2. The second-order valence-corrected chi connectivity index (χ2v) is 7.00. The number of nitrogens with zero attached hydrogens (tertiary/aromatic N) is 2. The number of fused-ring (bicyclic) bond motifs is 1. The van der Waals surface area contributed by atoms with Gasteiger partial charge in [-0.1, -0.05) is 18.2 Å². The summed E-state index contributed by atoms with van der Waals surface area (Å²) in [5.74, 6) is 0.920. The summed E-state index contributed by atoms with van der Waals surface area (Å²) in [7, 11) is 4.78. The Morgan fingerprint density at radius 2 is 1.83 bits per heavy atom. The molecule has 0 aliphatic carbocycles. The maximum atomic E-state index is 13.3. The molecule has 1 aliphatic heterocycles. The summed E-state index contributed by atoms with van der Waals surface area (Å²) in [5, 5.41) is 0. The number of hydrogen-bond acceptors (Lipinski definition) is 5. The predicted molar refractivity (Wildman–Crippen MR) is 110 cm³/mol. The minimum Gasteiger partial charge on any atom is -0.493 e. The van der Waals surface area contributed by atoms with E-state index < -0.39 is 11.5 Å². The molecule has 154 valence electrons. The number of rotatable bonds is 6. The molecule has 7 heteroatoms. The molecule has 7 nitrogen and oxygen atoms in total. The van der Waals surface area contributed by atoms with Crippen LogP contribution in [0.4, 0.5) is 5.69 Å². The number of likely N-dealkylation sites (N-methyl/N-ethyl adjacent to an activating group) is 2. The van der Waals surface area contributed by atoms with Crippen LogP contribution in [0.1, 0.15) is 19.4 Å². The lowest BCUT2D eigenvalue weighted by molar-refractivity contribution is -0.155. The van der Waals surface area contributed by atoms with E-state index >= 15 is 0 Å². The first kappa shape index (κ1) is 20.5. The van der Waals surface area contributed by atoms with Crippen molar-refractivity contribution in [2.45, 2.75) is 26.0 Å². The maximum absolute atomic E-state index is 13.3. The number of para-hydroxylation sites is 2. The van der Waals surface area contributed by atoms with Crippen molar-refractivity contribution in [1.29, 1.82) is 0 Å². The molecule has 2 aromatic rings. The van der Waals surface area contributed by atoms with Crippen molar-refractivity contribution < 1.29 is 23.8 Å². The SMILES string of the molecule is CCN1C(=O)C(C)(C(=O)N(C)Cc2ccc(OC)c(OC)c2)Oc2ccccc21. The number of methoxy groups -OCH3 is 2. The molecular weight excluding hydrogens is 372 g/mol. The van der Waals surface area contributed by atoms with Crippen LogP contribution in [0, 0.1) is 0 Å². The highest BCUT2D eigenvalue weighted by molar-refractivity contribution is 6.16. The van der Waals surface area contributed by atoms with E-state index in [2.05, 4.69) is 0 Å². The minimum absolute atomic E-state index is 0.291. The molecule has 2 amide bonds. The van der Waals surface area contributed by atoms with Gasteiger partial charge in [-0.05, 0) is 43.7 Å². The van der Waals surface area contributed by atoms with Gasteiger partial charge >= 0.3 is 0 Å². The van der Waals surface area contributed by atoms with Gasteiger partial charge in [-0.15, -0.1) is 0 Å². The Morgan fingerprint density at radius 1 is 1.14 bits per heavy atom. The van der Waals surface area contributed by atoms with Gasteiger partial charge in [-0.2, -0.15) is 0 Å². The van der Waals surface area contributed by atoms with Crippen LogP contribution >= 0.6 is 0 Å². The summed E-state index contributed by atoms with van der Waals surface area (Å²) < 4.78 is 16.5. The fraction of sp³-hybridized carbons (Fsp3) is 0.364. The van der Waals surface area contributed by atoms with E-state index in [1.807, 2.05) is 37.3 Å². The summed E-state index contributed by atoms with van der Waals surface area (Å²) >= 11 is 0. The summed E-state index contributed by atoms with van der Waals surface area (Å²) in [6.07, 6.45) is 0. The standard InChI is InChI=1S/C22H26N2O5/c1-6-24-16-9-7-8-10-17(16)29-22(2,21(24)26)20(25)23(3)14-15-11-12-18(27-4)19(13-15)28-5/h7-13H,6,14H2,1-5H3. The van der Waals surface area contributed by atoms with Crippen LogP contribution in [0.2, 0.25) is 0 Å². The summed E-state index contributed by atoms with van der Waals surface area (Å²) in [6.45, 7) is 4.14. The number of benzene rings is 2. The molecule has 29 heavy (non-hydrogen) atoms. The molecule has 1 aliphatic rings. The highest BCUT2D eigenvalue weighted by Crippen LogP contribution is 2.38. The quantitative estimate of drug-likeness (QED) is 0.700. The third kappa shape index (κ3) is 3.60. The van der Waals surface area contributed by atoms with Crippen LogP contribution in [-0.4, -0.2) is 50.1 Å². The van der Waals surface area contributed by atoms with Crippen LogP contribution in [0.25, 0.3) is 0 Å². The first-order valence-electron chi connectivity index (χ1n) is 9.42. The Labute approximate surface area is 170 Å². The number of ether oxygens (including phenoxy) is 3. The molecule has 0 aromatic heterocycles. The fourth-order valence-electron chi connectivity index (χ4n) is 3.53. The van der Waals surface area contributed by atoms with E-state index in [-0.39, 0.29) is 5.91 Å². The first-order valence-corrected chi connectivity index (χ1v) is 9.42. The Kier molecular flexibility index (Phi) is 5.68. The molecule has 0 radical (unpaired) electrons. The molecule has 0 fully saturated rings. The first-order chi connectivity index (χ1) is 13.8. The number of amides is 2. The van der Waals surface area contributed by atoms with E-state index in [9.17, 15) is 9.59 Å². The zero-order valence-electron chi connectivity index (χ0n) is 17.4. The molecule has 0 saturated carbocycles. The highest BCUT2D eigenvalue weighted by Gasteiger charge is 2.51. The van der Waals surface area contributed by atoms with Crippen molar-refractivity contribution in [1.82, 2.24) is 4.90 Å². The van der Waals surface area contributed by atoms with Gasteiger partial charge in [0.25, 0.3) is 17.4 Å². The van der Waals surface area contributed by atoms with Crippen molar-refractivity contribution in [2.24, 2.45) is 0 Å². The molecule has 3 rings (SSSR count). The van der Waals surface area contributed by atoms with Gasteiger partial charge in [0, 0.05) is 20.1 Å². The van der Waals surface area contributed by atoms with Gasteiger partial charge < -0.3 is 24.0 Å². The Morgan fingerprint density at radius 3 is 2.48 bits per heavy atom. The van der Waals surface area contributed by atoms with Crippen molar-refractivity contribution in [2.75, 3.05) is 32.7 Å². The van der Waals surface area contributed by atoms with E-state index in [4.69, 9.17) is 14.2 Å². The molecule has 0 N–H and O–H groups in total. The number of carbonyl (C=O) groups excluding carboxylic acids is 2. The van der Waals surface area contributed by atoms with Crippen LogP contribution in [0.15, 0.2) is 42.5 Å². The van der Waals surface area contributed by atoms with Crippen LogP contribution in [0.3, 0.4) is 0 Å². The van der Waals surface area contributed by atoms with Gasteiger partial charge in [0.1, 0.15) is 5.75 Å². The van der Waals surface area contributed by atoms with E-state index in [0.29, 0.717) is 36.0 Å². The molecule has 1 atom stereocenters. The average Bonchev–Trinajstić information content (AvgIpc) is 2.74. The van der Waals surface area contributed by atoms with Gasteiger partial charge in [0.2, 0.25) is 0 Å². The highest BCUT2D eigenvalue weighted by atomic mass is 16.5. The Bertz CT molecular complexity index is 929. The number of hydrogen-bond donors (Lipinski definition) is 0. The molecule has 0 bridgehead atoms.